The van der Waals surface area contributed by atoms with Crippen molar-refractivity contribution in [1.82, 2.24) is 4.98 Å². The first kappa shape index (κ1) is 43.1. The predicted octanol–water partition coefficient (Wildman–Crippen LogP) is 12.7. The van der Waals surface area contributed by atoms with Crippen LogP contribution in [0.15, 0.2) is 78.1 Å². The number of carbonyl (C=O) groups is 1. The average Bonchev–Trinajstić information content (AvgIpc) is 3.52. The third kappa shape index (κ3) is 9.43. The number of hydrogen-bond donors (Lipinski definition) is 1. The second-order valence-corrected chi connectivity index (χ2v) is 16.9. The minimum absolute atomic E-state index is 0. The van der Waals surface area contributed by atoms with Crippen LogP contribution >= 0.6 is 11.3 Å². The molecular formula is C46H59IrN2O2S-. The summed E-state index contributed by atoms with van der Waals surface area (Å²) in [5, 5.41) is 16.1. The molecule has 0 saturated carbocycles. The van der Waals surface area contributed by atoms with E-state index in [1.807, 2.05) is 58.5 Å². The molecule has 0 aliphatic heterocycles. The summed E-state index contributed by atoms with van der Waals surface area (Å²) in [7, 11) is 4.28. The fourth-order valence-electron chi connectivity index (χ4n) is 6.40. The third-order valence-corrected chi connectivity index (χ3v) is 12.0. The molecule has 52 heavy (non-hydrogen) atoms. The number of aliphatic hydroxyl groups is 1. The Labute approximate surface area is 331 Å². The number of nitrogens with zero attached hydrogens (tertiary/aromatic N) is 2. The maximum absolute atomic E-state index is 12.2. The minimum atomic E-state index is -0.337. The second-order valence-electron chi connectivity index (χ2n) is 16.0. The fourth-order valence-corrected chi connectivity index (χ4v) is 7.49. The Morgan fingerprint density at radius 3 is 2.17 bits per heavy atom. The molecule has 0 spiro atoms. The molecule has 0 atom stereocenters. The Morgan fingerprint density at radius 2 is 1.58 bits per heavy atom. The largest absolute Gasteiger partial charge is 0.512 e. The van der Waals surface area contributed by atoms with Crippen LogP contribution in [0, 0.1) is 29.9 Å². The summed E-state index contributed by atoms with van der Waals surface area (Å²) in [5.74, 6) is 0.914. The third-order valence-electron chi connectivity index (χ3n) is 11.0. The van der Waals surface area contributed by atoms with E-state index >= 15 is 0 Å². The van der Waals surface area contributed by atoms with Gasteiger partial charge in [0.05, 0.1) is 16.6 Å². The van der Waals surface area contributed by atoms with E-state index in [9.17, 15) is 9.90 Å². The first-order valence-corrected chi connectivity index (χ1v) is 19.5. The van der Waals surface area contributed by atoms with Gasteiger partial charge in [0.25, 0.3) is 0 Å². The number of fused-ring (bicyclic) bond motifs is 2. The Bertz CT molecular complexity index is 2010. The molecule has 2 aromatic carbocycles. The van der Waals surface area contributed by atoms with Gasteiger partial charge in [-0.2, -0.15) is 0 Å². The molecule has 4 nitrogen and oxygen atoms in total. The number of rotatable bonds is 11. The quantitative estimate of drug-likeness (QED) is 0.0622. The van der Waals surface area contributed by atoms with Crippen molar-refractivity contribution in [3.8, 4) is 22.5 Å². The molecule has 281 valence electrons. The van der Waals surface area contributed by atoms with Crippen LogP contribution in [0.3, 0.4) is 0 Å². The van der Waals surface area contributed by atoms with E-state index in [4.69, 9.17) is 4.98 Å². The minimum Gasteiger partial charge on any atom is -0.512 e. The van der Waals surface area contributed by atoms with Gasteiger partial charge in [0, 0.05) is 50.3 Å². The van der Waals surface area contributed by atoms with Crippen molar-refractivity contribution in [1.29, 1.82) is 0 Å². The number of pyridine rings is 2. The van der Waals surface area contributed by atoms with Crippen molar-refractivity contribution < 1.29 is 34.6 Å². The molecule has 0 saturated heterocycles. The van der Waals surface area contributed by atoms with E-state index in [0.29, 0.717) is 5.92 Å². The van der Waals surface area contributed by atoms with E-state index in [1.54, 1.807) is 11.3 Å². The molecule has 1 N–H and O–H groups in total. The first-order valence-electron chi connectivity index (χ1n) is 18.6. The summed E-state index contributed by atoms with van der Waals surface area (Å²) in [4.78, 5) is 17.0. The Morgan fingerprint density at radius 1 is 0.942 bits per heavy atom. The van der Waals surface area contributed by atoms with Crippen LogP contribution in [0.2, 0.25) is 0 Å². The Hall–Kier alpha value is -3.31. The smallest absolute Gasteiger partial charge is 0.164 e. The summed E-state index contributed by atoms with van der Waals surface area (Å²) < 4.78 is 3.19. The SMILES string of the molecule is CCC(C)(CC)C(=O)/C=C(\O)C(C)(CC)CC.[CH2-][n+]1ccc(-c2nccc3c(CC(C)C)csc23)cc1-c1[c-]c2ccccc2c(C(C)(C)C)c1.[Ir]. The van der Waals surface area contributed by atoms with Crippen molar-refractivity contribution in [2.75, 3.05) is 0 Å². The molecule has 3 aromatic heterocycles. The first-order chi connectivity index (χ1) is 24.0. The van der Waals surface area contributed by atoms with Crippen LogP contribution in [0.1, 0.15) is 113 Å². The molecule has 0 aliphatic carbocycles. The topological polar surface area (TPSA) is 54.1 Å². The maximum atomic E-state index is 12.2. The summed E-state index contributed by atoms with van der Waals surface area (Å²) in [6, 6.07) is 21.0. The molecule has 0 fully saturated rings. The van der Waals surface area contributed by atoms with Gasteiger partial charge in [-0.25, -0.2) is 0 Å². The number of aromatic nitrogens is 2. The fraction of sp³-hybridized carbons (Fsp3) is 0.435. The molecule has 1 radical (unpaired) electrons. The molecule has 0 unspecified atom stereocenters. The number of carbonyl (C=O) groups excluding carboxylic acids is 1. The zero-order valence-corrected chi connectivity index (χ0v) is 36.5. The van der Waals surface area contributed by atoms with Gasteiger partial charge in [0.2, 0.25) is 0 Å². The van der Waals surface area contributed by atoms with Gasteiger partial charge >= 0.3 is 0 Å². The standard InChI is InChI=1S/C31H31N2S.C15H28O2.Ir/c1-20(2)15-24-19-34-30-26(24)11-13-32-29(30)22-12-14-33(6)28(18-22)23-16-21-9-7-8-10-25(21)27(17-23)31(3,4)5;1-7-14(5,8-2)12(16)11-13(17)15(6,9-3)10-4;/h7-14,17-20H,6,15H2,1-5H3;11,16H,7-10H2,1-6H3;/q-1;;/b;12-11-;. The van der Waals surface area contributed by atoms with Crippen molar-refractivity contribution >= 4 is 38.0 Å². The molecule has 6 heteroatoms. The van der Waals surface area contributed by atoms with E-state index in [2.05, 4.69) is 102 Å². The van der Waals surface area contributed by atoms with Gasteiger partial charge in [-0.1, -0.05) is 105 Å². The summed E-state index contributed by atoms with van der Waals surface area (Å²) in [5.41, 5.74) is 6.39. The molecule has 0 aliphatic rings. The van der Waals surface area contributed by atoms with Crippen LogP contribution < -0.4 is 4.57 Å². The predicted molar refractivity (Wildman–Crippen MR) is 218 cm³/mol. The summed E-state index contributed by atoms with van der Waals surface area (Å²) in [6.45, 7) is 23.4. The maximum Gasteiger partial charge on any atom is 0.164 e. The van der Waals surface area contributed by atoms with Crippen LogP contribution in [0.5, 0.6) is 0 Å². The van der Waals surface area contributed by atoms with E-state index in [0.717, 1.165) is 60.0 Å². The van der Waals surface area contributed by atoms with Gasteiger partial charge < -0.3 is 9.67 Å². The summed E-state index contributed by atoms with van der Waals surface area (Å²) in [6.07, 6.45) is 9.82. The van der Waals surface area contributed by atoms with Gasteiger partial charge in [0.15, 0.2) is 5.78 Å². The van der Waals surface area contributed by atoms with Crippen molar-refractivity contribution in [3.05, 3.63) is 102 Å². The number of aliphatic hydroxyl groups excluding tert-OH is 1. The van der Waals surface area contributed by atoms with Gasteiger partial charge in [-0.15, -0.1) is 40.5 Å². The zero-order valence-electron chi connectivity index (χ0n) is 33.2. The van der Waals surface area contributed by atoms with Crippen LogP contribution in [-0.4, -0.2) is 15.9 Å². The average molecular weight is 896 g/mol. The van der Waals surface area contributed by atoms with Crippen molar-refractivity contribution in [3.63, 3.8) is 0 Å². The molecule has 3 heterocycles. The van der Waals surface area contributed by atoms with Crippen LogP contribution in [-0.2, 0) is 36.7 Å². The number of hydrogen-bond acceptors (Lipinski definition) is 4. The van der Waals surface area contributed by atoms with Gasteiger partial charge in [-0.05, 0) is 83.5 Å². The zero-order chi connectivity index (χ0) is 37.7. The molecule has 5 aromatic rings. The number of benzene rings is 2. The van der Waals surface area contributed by atoms with Crippen LogP contribution in [0.25, 0.3) is 43.4 Å². The second kappa shape index (κ2) is 17.7. The van der Waals surface area contributed by atoms with E-state index < -0.39 is 0 Å². The molecular weight excluding hydrogens is 837 g/mol. The monoisotopic (exact) mass is 896 g/mol. The Balaban J connectivity index is 0.000000347. The van der Waals surface area contributed by atoms with Gasteiger partial charge in [0.1, 0.15) is 11.5 Å². The van der Waals surface area contributed by atoms with E-state index in [-0.39, 0.29) is 47.9 Å². The molecule has 5 rings (SSSR count). The summed E-state index contributed by atoms with van der Waals surface area (Å²) >= 11 is 1.80. The van der Waals surface area contributed by atoms with Gasteiger partial charge in [-0.3, -0.25) is 9.78 Å². The Kier molecular flexibility index (Phi) is 14.6. The molecule has 0 amide bonds. The van der Waals surface area contributed by atoms with Crippen LogP contribution in [0.4, 0.5) is 0 Å². The van der Waals surface area contributed by atoms with Crippen molar-refractivity contribution in [2.24, 2.45) is 16.7 Å². The molecule has 0 bridgehead atoms. The number of allylic oxidation sites excluding steroid dienone is 2. The number of ketones is 1. The van der Waals surface area contributed by atoms with E-state index in [1.165, 1.54) is 32.7 Å². The normalized spacial score (nSPS) is 12.5. The number of thiophene rings is 1. The van der Waals surface area contributed by atoms with Crippen molar-refractivity contribution in [2.45, 2.75) is 114 Å².